The van der Waals surface area contributed by atoms with Crippen LogP contribution in [0.25, 0.3) is 0 Å². The fourth-order valence-electron chi connectivity index (χ4n) is 1.34. The van der Waals surface area contributed by atoms with Gasteiger partial charge >= 0.3 is 12.1 Å². The van der Waals surface area contributed by atoms with Crippen LogP contribution < -0.4 is 5.32 Å². The summed E-state index contributed by atoms with van der Waals surface area (Å²) in [4.78, 5) is 23.3. The molecule has 0 radical (unpaired) electrons. The monoisotopic (exact) mass is 260 g/mol. The van der Waals surface area contributed by atoms with Gasteiger partial charge in [0.05, 0.1) is 7.11 Å². The minimum atomic E-state index is -0.805. The van der Waals surface area contributed by atoms with Crippen LogP contribution in [0.2, 0.25) is 0 Å². The van der Waals surface area contributed by atoms with E-state index in [1.807, 2.05) is 13.8 Å². The fourth-order valence-corrected chi connectivity index (χ4v) is 1.34. The number of alkyl carbamates (subject to hydrolysis) is 1. The quantitative estimate of drug-likeness (QED) is 0.792. The van der Waals surface area contributed by atoms with Gasteiger partial charge in [-0.2, -0.15) is 0 Å². The van der Waals surface area contributed by atoms with Gasteiger partial charge in [-0.15, -0.1) is 0 Å². The summed E-state index contributed by atoms with van der Waals surface area (Å²) in [5.74, 6) is -0.535. The Morgan fingerprint density at radius 2 is 1.83 bits per heavy atom. The van der Waals surface area contributed by atoms with E-state index in [0.717, 1.165) is 0 Å². The molecule has 0 bridgehead atoms. The number of rotatable bonds is 3. The van der Waals surface area contributed by atoms with Crippen molar-refractivity contribution in [2.24, 2.45) is 5.41 Å². The molecule has 0 spiro atoms. The summed E-state index contributed by atoms with van der Waals surface area (Å²) in [6.07, 6.45) is -0.341. The molecule has 1 N–H and O–H groups in total. The van der Waals surface area contributed by atoms with E-state index in [0.29, 0.717) is 6.42 Å². The first-order chi connectivity index (χ1) is 8.50. The van der Waals surface area contributed by atoms with Crippen LogP contribution in [0.15, 0.2) is 0 Å². The molecule has 106 valence electrons. The summed E-state index contributed by atoms with van der Waals surface area (Å²) < 4.78 is 17.2. The van der Waals surface area contributed by atoms with Gasteiger partial charge in [-0.1, -0.05) is 20.7 Å². The van der Waals surface area contributed by atoms with E-state index in [2.05, 4.69) is 10.1 Å². The predicted octanol–water partition coefficient (Wildman–Crippen LogP) is 2.49. The fraction of sp³-hybridized carbons (Fsp3) is 0.846. The Labute approximate surface area is 111 Å². The van der Waals surface area contributed by atoms with E-state index >= 15 is 0 Å². The summed E-state index contributed by atoms with van der Waals surface area (Å²) in [7, 11) is 1.26. The maximum atomic E-state index is 11.7. The van der Waals surface area contributed by atoms with E-state index < -0.39 is 29.1 Å². The molecule has 5 nitrogen and oxygen atoms in total. The van der Waals surface area contributed by atoms with Gasteiger partial charge in [-0.05, 0) is 32.6 Å². The van der Waals surface area contributed by atoms with Crippen molar-refractivity contribution < 1.29 is 20.4 Å². The average Bonchev–Trinajstić information content (AvgIpc) is 2.24. The van der Waals surface area contributed by atoms with E-state index in [4.69, 9.17) is 6.11 Å². The summed E-state index contributed by atoms with van der Waals surface area (Å²) >= 11 is 0. The second kappa shape index (κ2) is 6.07. The normalized spacial score (nSPS) is 14.4. The summed E-state index contributed by atoms with van der Waals surface area (Å²) in [5.41, 5.74) is -1.02. The van der Waals surface area contributed by atoms with Crippen LogP contribution in [0.4, 0.5) is 4.79 Å². The van der Waals surface area contributed by atoms with Gasteiger partial charge in [-0.3, -0.25) is 0 Å². The first-order valence-corrected chi connectivity index (χ1v) is 5.87. The number of carbonyl (C=O) groups excluding carboxylic acids is 2. The molecule has 1 amide bonds. The van der Waals surface area contributed by atoms with Crippen LogP contribution in [-0.2, 0) is 14.3 Å². The molecule has 0 saturated carbocycles. The molecule has 0 aromatic carbocycles. The minimum absolute atomic E-state index is 0.149. The van der Waals surface area contributed by atoms with E-state index in [9.17, 15) is 9.59 Å². The molecule has 0 fully saturated rings. The topological polar surface area (TPSA) is 64.6 Å². The van der Waals surface area contributed by atoms with Crippen molar-refractivity contribution in [2.45, 2.75) is 59.6 Å². The van der Waals surface area contributed by atoms with Crippen molar-refractivity contribution in [3.05, 3.63) is 0 Å². The number of carbonyl (C=O) groups is 2. The largest absolute Gasteiger partial charge is 0.467 e. The lowest BCUT2D eigenvalue weighted by atomic mass is 9.88. The second-order valence-electron chi connectivity index (χ2n) is 6.09. The molecule has 1 atom stereocenters. The molecule has 0 aliphatic rings. The van der Waals surface area contributed by atoms with Crippen LogP contribution >= 0.6 is 0 Å². The minimum Gasteiger partial charge on any atom is -0.467 e. The van der Waals surface area contributed by atoms with E-state index in [1.165, 1.54) is 7.11 Å². The highest BCUT2D eigenvalue weighted by atomic mass is 16.6. The van der Waals surface area contributed by atoms with Gasteiger partial charge in [-0.25, -0.2) is 9.59 Å². The highest BCUT2D eigenvalue weighted by Crippen LogP contribution is 2.21. The molecule has 0 aromatic rings. The van der Waals surface area contributed by atoms with Crippen LogP contribution in [0.1, 0.15) is 49.3 Å². The van der Waals surface area contributed by atoms with Gasteiger partial charge in [0.25, 0.3) is 0 Å². The van der Waals surface area contributed by atoms with Crippen molar-refractivity contribution in [2.75, 3.05) is 7.11 Å². The SMILES string of the molecule is [2H]CC(C)(C)C[C@H](NC(=O)OC(C)(C)C)C(=O)OC. The molecule has 0 heterocycles. The van der Waals surface area contributed by atoms with Gasteiger partial charge in [0.2, 0.25) is 0 Å². The number of nitrogens with one attached hydrogen (secondary N) is 1. The third-order valence-electron chi connectivity index (χ3n) is 1.93. The second-order valence-corrected chi connectivity index (χ2v) is 6.09. The van der Waals surface area contributed by atoms with Gasteiger partial charge < -0.3 is 14.8 Å². The Morgan fingerprint density at radius 3 is 2.22 bits per heavy atom. The van der Waals surface area contributed by atoms with Crippen molar-refractivity contribution in [3.8, 4) is 0 Å². The Hall–Kier alpha value is -1.26. The molecule has 0 unspecified atom stereocenters. The van der Waals surface area contributed by atoms with Crippen LogP contribution in [0.3, 0.4) is 0 Å². The molecule has 0 aliphatic heterocycles. The zero-order chi connectivity index (χ0) is 15.3. The Kier molecular flexibility index (Phi) is 4.99. The lowest BCUT2D eigenvalue weighted by molar-refractivity contribution is -0.143. The molecular formula is C13H25NO4. The maximum absolute atomic E-state index is 11.7. The molecule has 0 saturated heterocycles. The van der Waals surface area contributed by atoms with Crippen LogP contribution in [0.5, 0.6) is 0 Å². The van der Waals surface area contributed by atoms with Crippen molar-refractivity contribution >= 4 is 12.1 Å². The molecule has 5 heteroatoms. The van der Waals surface area contributed by atoms with Gasteiger partial charge in [0, 0.05) is 1.37 Å². The van der Waals surface area contributed by atoms with Crippen LogP contribution in [0, 0.1) is 5.41 Å². The van der Waals surface area contributed by atoms with Gasteiger partial charge in [0.15, 0.2) is 0 Å². The van der Waals surface area contributed by atoms with Crippen molar-refractivity contribution in [1.29, 1.82) is 0 Å². The predicted molar refractivity (Wildman–Crippen MR) is 69.2 cm³/mol. The molecular weight excluding hydrogens is 234 g/mol. The first-order valence-electron chi connectivity index (χ1n) is 6.58. The lowest BCUT2D eigenvalue weighted by Crippen LogP contribution is -2.45. The Morgan fingerprint density at radius 1 is 1.28 bits per heavy atom. The highest BCUT2D eigenvalue weighted by molar-refractivity contribution is 5.81. The smallest absolute Gasteiger partial charge is 0.408 e. The molecule has 18 heavy (non-hydrogen) atoms. The number of hydrogen-bond acceptors (Lipinski definition) is 4. The van der Waals surface area contributed by atoms with Crippen LogP contribution in [-0.4, -0.2) is 30.8 Å². The first kappa shape index (κ1) is 14.8. The number of methoxy groups -OCH3 is 1. The highest BCUT2D eigenvalue weighted by Gasteiger charge is 2.28. The molecule has 0 rings (SSSR count). The van der Waals surface area contributed by atoms with E-state index in [-0.39, 0.29) is 6.90 Å². The Bertz CT molecular complexity index is 323. The number of esters is 1. The van der Waals surface area contributed by atoms with Crippen molar-refractivity contribution in [3.63, 3.8) is 0 Å². The third-order valence-corrected chi connectivity index (χ3v) is 1.93. The zero-order valence-corrected chi connectivity index (χ0v) is 12.1. The van der Waals surface area contributed by atoms with E-state index in [1.54, 1.807) is 20.8 Å². The average molecular weight is 260 g/mol. The summed E-state index contributed by atoms with van der Waals surface area (Å²) in [6, 6.07) is -0.805. The Balaban J connectivity index is 4.70. The summed E-state index contributed by atoms with van der Waals surface area (Å²) in [6.45, 7) is 9.09. The maximum Gasteiger partial charge on any atom is 0.408 e. The third kappa shape index (κ3) is 7.92. The van der Waals surface area contributed by atoms with Gasteiger partial charge in [0.1, 0.15) is 11.6 Å². The standard InChI is InChI=1S/C13H25NO4/c1-12(2,3)8-9(10(15)17-7)14-11(16)18-13(4,5)6/h9H,8H2,1-7H3,(H,14,16)/t9-/m0/s1/i1D. The number of hydrogen-bond donors (Lipinski definition) is 1. The number of ether oxygens (including phenoxy) is 2. The number of amides is 1. The molecule has 0 aliphatic carbocycles. The zero-order valence-electron chi connectivity index (χ0n) is 13.1. The molecule has 0 aromatic heterocycles. The summed E-state index contributed by atoms with van der Waals surface area (Å²) in [5, 5.41) is 2.50. The lowest BCUT2D eigenvalue weighted by Gasteiger charge is -2.26. The van der Waals surface area contributed by atoms with Crippen molar-refractivity contribution in [1.82, 2.24) is 5.32 Å².